The second kappa shape index (κ2) is 3.43. The quantitative estimate of drug-likeness (QED) is 0.613. The molecule has 1 radical (unpaired) electrons. The molecule has 0 N–H and O–H groups in total. The summed E-state index contributed by atoms with van der Waals surface area (Å²) in [6.07, 6.45) is -0.144. The van der Waals surface area contributed by atoms with Crippen molar-refractivity contribution in [3.8, 4) is 0 Å². The molecule has 11 heavy (non-hydrogen) atoms. The second-order valence-corrected chi connectivity index (χ2v) is 2.65. The Bertz CT molecular complexity index is 115. The van der Waals surface area contributed by atoms with Crippen molar-refractivity contribution in [3.63, 3.8) is 0 Å². The van der Waals surface area contributed by atoms with Crippen LogP contribution in [-0.4, -0.2) is 18.9 Å². The minimum Gasteiger partial charge on any atom is -0.369 e. The van der Waals surface area contributed by atoms with Crippen LogP contribution in [0.1, 0.15) is 19.3 Å². The molecule has 65 valence electrons. The van der Waals surface area contributed by atoms with Crippen LogP contribution in [0.3, 0.4) is 0 Å². The summed E-state index contributed by atoms with van der Waals surface area (Å²) in [7, 11) is 0. The van der Waals surface area contributed by atoms with Gasteiger partial charge in [0.2, 0.25) is 0 Å². The Morgan fingerprint density at radius 2 is 2.18 bits per heavy atom. The molecule has 0 aliphatic heterocycles. The number of alkyl halides is 3. The van der Waals surface area contributed by atoms with Crippen LogP contribution in [0.4, 0.5) is 13.2 Å². The average Bonchev–Trinajstić information content (AvgIpc) is 2.32. The fraction of sp³-hybridized carbons (Fsp3) is 0.857. The van der Waals surface area contributed by atoms with Crippen molar-refractivity contribution in [1.29, 1.82) is 0 Å². The van der Waals surface area contributed by atoms with Gasteiger partial charge >= 0.3 is 6.18 Å². The highest BCUT2D eigenvalue weighted by Gasteiger charge is 2.29. The third-order valence-electron chi connectivity index (χ3n) is 1.61. The zero-order chi connectivity index (χ0) is 8.32. The first kappa shape index (κ1) is 8.84. The Labute approximate surface area is 63.5 Å². The summed E-state index contributed by atoms with van der Waals surface area (Å²) in [5, 5.41) is 0. The Morgan fingerprint density at radius 1 is 1.45 bits per heavy atom. The van der Waals surface area contributed by atoms with Gasteiger partial charge in [-0.2, -0.15) is 13.2 Å². The predicted molar refractivity (Wildman–Crippen MR) is 33.9 cm³/mol. The average molecular weight is 167 g/mol. The van der Waals surface area contributed by atoms with Gasteiger partial charge in [-0.3, -0.25) is 0 Å². The van der Waals surface area contributed by atoms with Gasteiger partial charge in [0.05, 0.1) is 6.10 Å². The van der Waals surface area contributed by atoms with E-state index in [9.17, 15) is 13.2 Å². The molecule has 1 unspecified atom stereocenters. The lowest BCUT2D eigenvalue weighted by Crippen LogP contribution is -2.21. The van der Waals surface area contributed by atoms with Crippen molar-refractivity contribution in [2.45, 2.75) is 31.5 Å². The first-order valence-electron chi connectivity index (χ1n) is 3.58. The summed E-state index contributed by atoms with van der Waals surface area (Å²) in [6.45, 7) is -1.11. The Kier molecular flexibility index (Phi) is 2.76. The monoisotopic (exact) mass is 167 g/mol. The minimum absolute atomic E-state index is 0.198. The molecule has 0 saturated heterocycles. The Hall–Kier alpha value is -0.250. The maximum atomic E-state index is 11.6. The highest BCUT2D eigenvalue weighted by atomic mass is 19.4. The molecule has 1 nitrogen and oxygen atoms in total. The van der Waals surface area contributed by atoms with Crippen molar-refractivity contribution in [2.75, 3.05) is 6.61 Å². The Morgan fingerprint density at radius 3 is 2.64 bits per heavy atom. The number of halogens is 3. The van der Waals surface area contributed by atoms with E-state index in [1.54, 1.807) is 0 Å². The van der Waals surface area contributed by atoms with Crippen LogP contribution in [0.15, 0.2) is 0 Å². The van der Waals surface area contributed by atoms with Gasteiger partial charge < -0.3 is 4.74 Å². The molecule has 0 aromatic rings. The molecule has 0 amide bonds. The third kappa shape index (κ3) is 3.60. The van der Waals surface area contributed by atoms with Gasteiger partial charge in [-0.25, -0.2) is 0 Å². The van der Waals surface area contributed by atoms with Gasteiger partial charge in [-0.05, 0) is 25.7 Å². The van der Waals surface area contributed by atoms with E-state index in [1.165, 1.54) is 0 Å². The molecule has 0 bridgehead atoms. The molecule has 0 aromatic carbocycles. The number of hydrogen-bond acceptors (Lipinski definition) is 1. The molecule has 4 heteroatoms. The number of ether oxygens (including phenoxy) is 1. The van der Waals surface area contributed by atoms with Crippen LogP contribution in [-0.2, 0) is 4.74 Å². The normalized spacial score (nSPS) is 21.0. The first-order valence-corrected chi connectivity index (χ1v) is 3.58. The van der Waals surface area contributed by atoms with Gasteiger partial charge in [0.25, 0.3) is 0 Å². The van der Waals surface area contributed by atoms with Crippen molar-refractivity contribution in [3.05, 3.63) is 6.42 Å². The van der Waals surface area contributed by atoms with E-state index in [2.05, 4.69) is 4.74 Å². The largest absolute Gasteiger partial charge is 0.411 e. The molecule has 1 aliphatic carbocycles. The van der Waals surface area contributed by atoms with E-state index in [4.69, 9.17) is 0 Å². The first-order chi connectivity index (χ1) is 5.08. The van der Waals surface area contributed by atoms with Crippen molar-refractivity contribution >= 4 is 0 Å². The molecule has 1 saturated carbocycles. The molecule has 1 aliphatic rings. The standard InChI is InChI=1S/C7H10F3O/c8-7(9,10)5-11-6-3-1-2-4-6/h1,6H,2-5H2. The zero-order valence-electron chi connectivity index (χ0n) is 6.03. The summed E-state index contributed by atoms with van der Waals surface area (Å²) in [5.41, 5.74) is 0. The fourth-order valence-electron chi connectivity index (χ4n) is 1.09. The van der Waals surface area contributed by atoms with Crippen LogP contribution < -0.4 is 0 Å². The lowest BCUT2D eigenvalue weighted by atomic mass is 10.3. The summed E-state index contributed by atoms with van der Waals surface area (Å²) in [5.74, 6) is 0. The minimum atomic E-state index is -4.18. The summed E-state index contributed by atoms with van der Waals surface area (Å²) < 4.78 is 39.3. The fourth-order valence-corrected chi connectivity index (χ4v) is 1.09. The topological polar surface area (TPSA) is 9.23 Å². The second-order valence-electron chi connectivity index (χ2n) is 2.65. The highest BCUT2D eigenvalue weighted by Crippen LogP contribution is 2.23. The summed E-state index contributed by atoms with van der Waals surface area (Å²) in [6, 6.07) is 0. The van der Waals surface area contributed by atoms with Crippen molar-refractivity contribution in [1.82, 2.24) is 0 Å². The van der Waals surface area contributed by atoms with Crippen LogP contribution in [0.25, 0.3) is 0 Å². The maximum absolute atomic E-state index is 11.6. The smallest absolute Gasteiger partial charge is 0.369 e. The van der Waals surface area contributed by atoms with Gasteiger partial charge in [0, 0.05) is 0 Å². The molecular weight excluding hydrogens is 157 g/mol. The highest BCUT2D eigenvalue weighted by molar-refractivity contribution is 4.81. The predicted octanol–water partition coefficient (Wildman–Crippen LogP) is 2.32. The van der Waals surface area contributed by atoms with Crippen LogP contribution >= 0.6 is 0 Å². The summed E-state index contributed by atoms with van der Waals surface area (Å²) in [4.78, 5) is 0. The van der Waals surface area contributed by atoms with Gasteiger partial charge in [-0.1, -0.05) is 0 Å². The summed E-state index contributed by atoms with van der Waals surface area (Å²) >= 11 is 0. The lowest BCUT2D eigenvalue weighted by Gasteiger charge is -2.12. The molecule has 1 rings (SSSR count). The van der Waals surface area contributed by atoms with Crippen LogP contribution in [0, 0.1) is 6.42 Å². The van der Waals surface area contributed by atoms with E-state index in [-0.39, 0.29) is 6.10 Å². The van der Waals surface area contributed by atoms with E-state index >= 15 is 0 Å². The van der Waals surface area contributed by atoms with Gasteiger partial charge in [0.1, 0.15) is 6.61 Å². The molecule has 0 aromatic heterocycles. The zero-order valence-corrected chi connectivity index (χ0v) is 6.03. The Balaban J connectivity index is 2.11. The van der Waals surface area contributed by atoms with Gasteiger partial charge in [-0.15, -0.1) is 0 Å². The van der Waals surface area contributed by atoms with Crippen molar-refractivity contribution in [2.24, 2.45) is 0 Å². The molecular formula is C7H10F3O. The molecule has 1 atom stereocenters. The number of rotatable bonds is 2. The van der Waals surface area contributed by atoms with Gasteiger partial charge in [0.15, 0.2) is 0 Å². The maximum Gasteiger partial charge on any atom is 0.411 e. The lowest BCUT2D eigenvalue weighted by molar-refractivity contribution is -0.184. The van der Waals surface area contributed by atoms with E-state index in [0.29, 0.717) is 6.42 Å². The third-order valence-corrected chi connectivity index (χ3v) is 1.61. The van der Waals surface area contributed by atoms with E-state index < -0.39 is 12.8 Å². The SMILES string of the molecule is FC(F)(F)COC1C[CH]CC1. The van der Waals surface area contributed by atoms with Crippen LogP contribution in [0.2, 0.25) is 0 Å². The van der Waals surface area contributed by atoms with Crippen LogP contribution in [0.5, 0.6) is 0 Å². The van der Waals surface area contributed by atoms with E-state index in [0.717, 1.165) is 12.8 Å². The molecule has 0 heterocycles. The van der Waals surface area contributed by atoms with Crippen molar-refractivity contribution < 1.29 is 17.9 Å². The molecule has 0 spiro atoms. The number of hydrogen-bond donors (Lipinski definition) is 0. The molecule has 1 fully saturated rings. The van der Waals surface area contributed by atoms with E-state index in [1.807, 2.05) is 6.42 Å².